The summed E-state index contributed by atoms with van der Waals surface area (Å²) >= 11 is 11.7. The van der Waals surface area contributed by atoms with Crippen molar-refractivity contribution in [3.63, 3.8) is 0 Å². The van der Waals surface area contributed by atoms with Crippen LogP contribution in [0.5, 0.6) is 0 Å². The molecule has 21 heavy (non-hydrogen) atoms. The van der Waals surface area contributed by atoms with Crippen LogP contribution in [0.3, 0.4) is 0 Å². The predicted molar refractivity (Wildman–Crippen MR) is 80.5 cm³/mol. The maximum atomic E-state index is 13.1. The van der Waals surface area contributed by atoms with E-state index in [1.54, 1.807) is 6.07 Å². The van der Waals surface area contributed by atoms with Crippen molar-refractivity contribution in [1.29, 1.82) is 0 Å². The van der Waals surface area contributed by atoms with Crippen molar-refractivity contribution in [2.75, 3.05) is 5.32 Å². The molecule has 0 unspecified atom stereocenters. The number of benzene rings is 2. The highest BCUT2D eigenvalue weighted by atomic mass is 35.5. The van der Waals surface area contributed by atoms with Gasteiger partial charge in [-0.1, -0.05) is 23.2 Å². The number of carbonyl (C=O) groups excluding carboxylic acids is 1. The Hall–Kier alpha value is -2.11. The first-order valence-corrected chi connectivity index (χ1v) is 6.69. The Morgan fingerprint density at radius 1 is 1.24 bits per heavy atom. The number of halogens is 3. The zero-order valence-electron chi connectivity index (χ0n) is 10.5. The molecule has 106 valence electrons. The third-order valence-electron chi connectivity index (χ3n) is 2.91. The van der Waals surface area contributed by atoms with Crippen molar-refractivity contribution < 1.29 is 9.18 Å². The van der Waals surface area contributed by atoms with E-state index in [2.05, 4.69) is 15.3 Å². The number of rotatable bonds is 2. The number of aromatic amines is 1. The normalized spacial score (nSPS) is 10.8. The standard InChI is InChI=1S/C14H8Cl2FN3O/c15-7-3-9(13-12(4-7)18-6-19-13)14(21)20-8-1-2-11(17)10(16)5-8/h1-6H,(H,18,19)(H,20,21). The van der Waals surface area contributed by atoms with E-state index in [1.807, 2.05) is 0 Å². The van der Waals surface area contributed by atoms with Gasteiger partial charge < -0.3 is 10.3 Å². The Morgan fingerprint density at radius 2 is 2.05 bits per heavy atom. The number of imidazole rings is 1. The molecule has 0 aliphatic carbocycles. The van der Waals surface area contributed by atoms with E-state index in [4.69, 9.17) is 23.2 Å². The summed E-state index contributed by atoms with van der Waals surface area (Å²) in [4.78, 5) is 19.3. The fourth-order valence-corrected chi connectivity index (χ4v) is 2.36. The van der Waals surface area contributed by atoms with Crippen molar-refractivity contribution in [3.8, 4) is 0 Å². The van der Waals surface area contributed by atoms with Crippen LogP contribution in [-0.4, -0.2) is 15.9 Å². The maximum Gasteiger partial charge on any atom is 0.257 e. The first kappa shape index (κ1) is 13.9. The molecule has 0 aliphatic rings. The number of nitrogens with zero attached hydrogens (tertiary/aromatic N) is 1. The molecule has 0 atom stereocenters. The van der Waals surface area contributed by atoms with Crippen LogP contribution in [-0.2, 0) is 0 Å². The number of hydrogen-bond acceptors (Lipinski definition) is 2. The summed E-state index contributed by atoms with van der Waals surface area (Å²) in [6.45, 7) is 0. The number of anilines is 1. The maximum absolute atomic E-state index is 13.1. The minimum Gasteiger partial charge on any atom is -0.345 e. The quantitative estimate of drug-likeness (QED) is 0.740. The first-order chi connectivity index (χ1) is 10.0. The van der Waals surface area contributed by atoms with Crippen LogP contribution in [0.15, 0.2) is 36.7 Å². The van der Waals surface area contributed by atoms with Gasteiger partial charge in [-0.3, -0.25) is 4.79 Å². The summed E-state index contributed by atoms with van der Waals surface area (Å²) < 4.78 is 13.1. The Kier molecular flexibility index (Phi) is 3.53. The van der Waals surface area contributed by atoms with Crippen LogP contribution in [0.1, 0.15) is 10.4 Å². The smallest absolute Gasteiger partial charge is 0.257 e. The monoisotopic (exact) mass is 323 g/mol. The van der Waals surface area contributed by atoms with Gasteiger partial charge in [0.1, 0.15) is 11.3 Å². The largest absolute Gasteiger partial charge is 0.345 e. The van der Waals surface area contributed by atoms with E-state index in [9.17, 15) is 9.18 Å². The van der Waals surface area contributed by atoms with Crippen LogP contribution in [0.25, 0.3) is 11.0 Å². The third kappa shape index (κ3) is 2.70. The van der Waals surface area contributed by atoms with Gasteiger partial charge in [0.25, 0.3) is 5.91 Å². The number of amides is 1. The summed E-state index contributed by atoms with van der Waals surface area (Å²) in [5.41, 5.74) is 1.86. The molecule has 1 heterocycles. The van der Waals surface area contributed by atoms with Gasteiger partial charge in [0, 0.05) is 10.7 Å². The second-order valence-electron chi connectivity index (χ2n) is 4.34. The molecule has 0 bridgehead atoms. The van der Waals surface area contributed by atoms with Gasteiger partial charge >= 0.3 is 0 Å². The number of carbonyl (C=O) groups is 1. The first-order valence-electron chi connectivity index (χ1n) is 5.93. The number of H-pyrrole nitrogens is 1. The highest BCUT2D eigenvalue weighted by molar-refractivity contribution is 6.32. The fourth-order valence-electron chi connectivity index (χ4n) is 1.96. The number of hydrogen-bond donors (Lipinski definition) is 2. The molecule has 1 amide bonds. The topological polar surface area (TPSA) is 57.8 Å². The third-order valence-corrected chi connectivity index (χ3v) is 3.42. The molecular weight excluding hydrogens is 316 g/mol. The molecule has 0 fully saturated rings. The lowest BCUT2D eigenvalue weighted by Gasteiger charge is -2.07. The molecule has 3 rings (SSSR count). The lowest BCUT2D eigenvalue weighted by atomic mass is 10.1. The zero-order valence-corrected chi connectivity index (χ0v) is 12.0. The van der Waals surface area contributed by atoms with E-state index in [1.165, 1.54) is 30.6 Å². The molecule has 2 N–H and O–H groups in total. The van der Waals surface area contributed by atoms with Gasteiger partial charge in [0.05, 0.1) is 22.4 Å². The zero-order chi connectivity index (χ0) is 15.0. The van der Waals surface area contributed by atoms with Crippen molar-refractivity contribution in [2.45, 2.75) is 0 Å². The lowest BCUT2D eigenvalue weighted by Crippen LogP contribution is -2.12. The Labute approximate surface area is 128 Å². The average Bonchev–Trinajstić information content (AvgIpc) is 2.90. The van der Waals surface area contributed by atoms with Crippen molar-refractivity contribution in [1.82, 2.24) is 9.97 Å². The molecule has 4 nitrogen and oxygen atoms in total. The molecule has 0 saturated carbocycles. The Morgan fingerprint density at radius 3 is 2.81 bits per heavy atom. The van der Waals surface area contributed by atoms with Crippen molar-refractivity contribution in [3.05, 3.63) is 58.1 Å². The average molecular weight is 324 g/mol. The van der Waals surface area contributed by atoms with Crippen LogP contribution in [0.2, 0.25) is 10.0 Å². The SMILES string of the molecule is O=C(Nc1ccc(F)c(Cl)c1)c1cc(Cl)cc2[nH]cnc12. The molecule has 0 saturated heterocycles. The highest BCUT2D eigenvalue weighted by Crippen LogP contribution is 2.24. The molecule has 2 aromatic carbocycles. The number of aromatic nitrogens is 2. The minimum absolute atomic E-state index is 0.0659. The summed E-state index contributed by atoms with van der Waals surface area (Å²) in [6, 6.07) is 7.13. The molecule has 1 aromatic heterocycles. The van der Waals surface area contributed by atoms with E-state index in [-0.39, 0.29) is 5.02 Å². The second kappa shape index (κ2) is 5.35. The molecule has 3 aromatic rings. The lowest BCUT2D eigenvalue weighted by molar-refractivity contribution is 0.102. The van der Waals surface area contributed by atoms with Crippen LogP contribution < -0.4 is 5.32 Å². The van der Waals surface area contributed by atoms with Crippen molar-refractivity contribution >= 4 is 45.8 Å². The minimum atomic E-state index is -0.549. The summed E-state index contributed by atoms with van der Waals surface area (Å²) in [7, 11) is 0. The number of fused-ring (bicyclic) bond motifs is 1. The van der Waals surface area contributed by atoms with Crippen LogP contribution in [0, 0.1) is 5.82 Å². The van der Waals surface area contributed by atoms with Crippen LogP contribution >= 0.6 is 23.2 Å². The van der Waals surface area contributed by atoms with E-state index >= 15 is 0 Å². The van der Waals surface area contributed by atoms with E-state index in [0.29, 0.717) is 27.3 Å². The fraction of sp³-hybridized carbons (Fsp3) is 0. The van der Waals surface area contributed by atoms with Gasteiger partial charge in [-0.2, -0.15) is 0 Å². The summed E-state index contributed by atoms with van der Waals surface area (Å²) in [5.74, 6) is -0.954. The molecular formula is C14H8Cl2FN3O. The van der Waals surface area contributed by atoms with Gasteiger partial charge in [-0.25, -0.2) is 9.37 Å². The van der Waals surface area contributed by atoms with Crippen molar-refractivity contribution in [2.24, 2.45) is 0 Å². The Bertz CT molecular complexity index is 847. The number of nitrogens with one attached hydrogen (secondary N) is 2. The van der Waals surface area contributed by atoms with Gasteiger partial charge in [0.2, 0.25) is 0 Å². The second-order valence-corrected chi connectivity index (χ2v) is 5.18. The van der Waals surface area contributed by atoms with E-state index in [0.717, 1.165) is 0 Å². The van der Waals surface area contributed by atoms with Gasteiger partial charge in [-0.05, 0) is 30.3 Å². The highest BCUT2D eigenvalue weighted by Gasteiger charge is 2.14. The molecule has 0 spiro atoms. The molecule has 7 heteroatoms. The predicted octanol–water partition coefficient (Wildman–Crippen LogP) is 4.26. The van der Waals surface area contributed by atoms with E-state index < -0.39 is 11.7 Å². The summed E-state index contributed by atoms with van der Waals surface area (Å²) in [5, 5.41) is 2.98. The van der Waals surface area contributed by atoms with Crippen LogP contribution in [0.4, 0.5) is 10.1 Å². The Balaban J connectivity index is 1.97. The summed E-state index contributed by atoms with van der Waals surface area (Å²) in [6.07, 6.45) is 1.48. The molecule has 0 aliphatic heterocycles. The van der Waals surface area contributed by atoms with Gasteiger partial charge in [-0.15, -0.1) is 0 Å². The molecule has 0 radical (unpaired) electrons. The van der Waals surface area contributed by atoms with Gasteiger partial charge in [0.15, 0.2) is 0 Å².